The van der Waals surface area contributed by atoms with Crippen LogP contribution in [0.25, 0.3) is 32.7 Å². The van der Waals surface area contributed by atoms with Crippen molar-refractivity contribution in [3.8, 4) is 11.2 Å². The molecule has 3 spiro atoms. The summed E-state index contributed by atoms with van der Waals surface area (Å²) in [5.41, 5.74) is 1.95. The van der Waals surface area contributed by atoms with Crippen LogP contribution in [0.1, 0.15) is 182 Å². The lowest BCUT2D eigenvalue weighted by Crippen LogP contribution is -3.00. The summed E-state index contributed by atoms with van der Waals surface area (Å²) in [5, 5.41) is 14.7. The third-order valence-corrected chi connectivity index (χ3v) is 28.2. The van der Waals surface area contributed by atoms with Crippen molar-refractivity contribution in [2.24, 2.45) is 39.8 Å². The maximum Gasteiger partial charge on any atom is 0.338 e. The Morgan fingerprint density at radius 1 is 0.531 bits per heavy atom. The minimum atomic E-state index is -3.79. The molecule has 0 unspecified atom stereocenters. The molecule has 6 fully saturated rings. The fraction of sp³-hybridized carbons (Fsp3) is 0.524. The average Bonchev–Trinajstić information content (AvgIpc) is 1.67. The van der Waals surface area contributed by atoms with Crippen LogP contribution in [-0.4, -0.2) is 200 Å². The number of amidine groups is 3. The van der Waals surface area contributed by atoms with Crippen molar-refractivity contribution in [1.29, 1.82) is 0 Å². The number of fused-ring (bicyclic) bond motifs is 3. The van der Waals surface area contributed by atoms with Gasteiger partial charge in [0.25, 0.3) is 32.9 Å². The molecule has 0 atom stereocenters. The molecule has 6 N–H and O–H groups in total. The molecule has 610 valence electrons. The fourth-order valence-corrected chi connectivity index (χ4v) is 19.8. The van der Waals surface area contributed by atoms with Crippen LogP contribution >= 0.6 is 11.6 Å². The van der Waals surface area contributed by atoms with Gasteiger partial charge in [0.15, 0.2) is 12.0 Å². The van der Waals surface area contributed by atoms with Gasteiger partial charge >= 0.3 is 5.97 Å². The van der Waals surface area contributed by atoms with Gasteiger partial charge in [0, 0.05) is 137 Å². The number of sulfonamides is 3. The van der Waals surface area contributed by atoms with Gasteiger partial charge in [-0.15, -0.1) is 0 Å². The van der Waals surface area contributed by atoms with Gasteiger partial charge in [-0.05, 0) is 169 Å². The molecule has 113 heavy (non-hydrogen) atoms. The molecule has 3 amide bonds. The molecule has 4 aromatic heterocycles. The standard InChI is InChI=1S/C23H28N4O4S.C23H26N4O3S.C14H23N3O3S.C10H9NO2.C6H7ClN.C6H15N.HI/c28-20(18-7-4-8-19-17(18)9-12-24-19)15-32(30,31)27-13-10-23(11-14-27)22(29)25-21(26-23)16-5-2-1-3-6-16;28-22-23(26-21(25-22)18-5-2-1-3-6-18)11-14-27(15-12-23)31(29,30)16-10-17-7-4-8-20-19(17)9-13-24-20;1-21(19,20)17-9-7-14(8-10-17)13(18)15-12(16-14)11-5-3-2-4-6-11;1-13-10(12)8-3-2-4-9-7(8)5-6-11-9;1-8-5-3-2-4-6(8)7;1-4-7(5-2)6-3;/h4,7-9,12,16,24H,1-3,5-6,10-11,13-15H2,(H,25,26,29);4,7-9,13,18,24H,1-3,5-6,11-12,14-15H2,(H,25,26,28);11H,2-10H2,1H3,(H,15,16,18);2-6,11H,1H3;2-5H,1H3;4-6H2,1-3H3;1H/q;;;;+1;;/p-1. The minimum absolute atomic E-state index is 0. The van der Waals surface area contributed by atoms with Crippen LogP contribution in [0, 0.1) is 28.9 Å². The van der Waals surface area contributed by atoms with Crippen molar-refractivity contribution in [2.75, 3.05) is 78.0 Å². The monoisotopic (exact) mass is 1740 g/mol. The van der Waals surface area contributed by atoms with E-state index in [1.54, 1.807) is 36.7 Å². The van der Waals surface area contributed by atoms with Crippen molar-refractivity contribution in [1.82, 2.24) is 48.7 Å². The summed E-state index contributed by atoms with van der Waals surface area (Å²) in [4.78, 5) is 87.9. The summed E-state index contributed by atoms with van der Waals surface area (Å²) in [6.07, 6.45) is 28.2. The van der Waals surface area contributed by atoms with Gasteiger partial charge in [0.2, 0.25) is 20.0 Å². The smallest absolute Gasteiger partial charge is 0.338 e. The summed E-state index contributed by atoms with van der Waals surface area (Å²) in [7, 11) is -7.42. The molecule has 0 bridgehead atoms. The number of halogens is 2. The number of methoxy groups -OCH3 is 1. The summed E-state index contributed by atoms with van der Waals surface area (Å²) < 4.78 is 85.5. The number of carbonyl (C=O) groups excluding carboxylic acids is 5. The highest BCUT2D eigenvalue weighted by Crippen LogP contribution is 2.39. The highest BCUT2D eigenvalue weighted by atomic mass is 127. The number of ether oxygens (including phenoxy) is 1. The number of H-pyrrole nitrogens is 3. The molecule has 3 aliphatic carbocycles. The van der Waals surface area contributed by atoms with E-state index in [9.17, 15) is 49.2 Å². The quantitative estimate of drug-likeness (QED) is 0.0161. The number of piperidine rings is 3. The van der Waals surface area contributed by atoms with Crippen LogP contribution in [0.2, 0.25) is 5.15 Å². The molecular weight excluding hydrogens is 1630 g/mol. The molecule has 3 aromatic carbocycles. The van der Waals surface area contributed by atoms with E-state index >= 15 is 0 Å². The van der Waals surface area contributed by atoms with E-state index < -0.39 is 58.2 Å². The van der Waals surface area contributed by atoms with E-state index in [1.807, 2.05) is 90.7 Å². The van der Waals surface area contributed by atoms with Crippen LogP contribution in [0.15, 0.2) is 131 Å². The number of ketones is 1. The van der Waals surface area contributed by atoms with Crippen LogP contribution in [0.5, 0.6) is 0 Å². The number of rotatable bonds is 13. The highest BCUT2D eigenvalue weighted by molar-refractivity contribution is 7.93. The van der Waals surface area contributed by atoms with Gasteiger partial charge in [-0.2, -0.15) is 17.3 Å². The number of esters is 1. The van der Waals surface area contributed by atoms with Crippen LogP contribution in [-0.2, 0) is 56.2 Å². The molecule has 0 radical (unpaired) electrons. The molecule has 31 heteroatoms. The maximum atomic E-state index is 13.0. The second-order valence-electron chi connectivity index (χ2n) is 30.3. The first-order chi connectivity index (χ1) is 53.7. The number of benzene rings is 3. The first-order valence-electron chi connectivity index (χ1n) is 39.6. The van der Waals surface area contributed by atoms with E-state index in [4.69, 9.17) is 26.6 Å². The fourth-order valence-electron chi connectivity index (χ4n) is 16.4. The Bertz CT molecular complexity index is 5000. The molecule has 26 nitrogen and oxygen atoms in total. The van der Waals surface area contributed by atoms with Crippen LogP contribution in [0.3, 0.4) is 0 Å². The van der Waals surface area contributed by atoms with Gasteiger partial charge in [0.1, 0.15) is 46.9 Å². The second kappa shape index (κ2) is 39.3. The number of Topliss-reactive ketones (excluding diaryl/α,β-unsaturated/α-hetero) is 1. The SMILES string of the molecule is CCN(CC)CC.COC(=O)c1cccc2[nH]ccc12.CS(=O)(=O)N1CCC2(CC1)N=C(C1CCCCC1)NC2=O.C[n+]1ccccc1Cl.O=C(CS(=O)(=O)N1CCC2(CC1)N=C(C1CCCCC1)NC2=O)c1cccc2[nH]ccc12.O=C1NC(C2CCCCC2)=NC12CCN(S(=O)(=O)C#Cc1cccc3[nH]ccc13)CC2.[I-]. The number of aliphatic imine (C=N–C) groups is 3. The highest BCUT2D eigenvalue weighted by Gasteiger charge is 2.51. The zero-order valence-electron chi connectivity index (χ0n) is 65.6. The van der Waals surface area contributed by atoms with Gasteiger partial charge in [-0.1, -0.05) is 103 Å². The number of carbonyl (C=O) groups is 5. The number of aryl methyl sites for hydroxylation is 1. The number of hydrogen-bond donors (Lipinski definition) is 6. The number of nitrogens with zero attached hydrogens (tertiary/aromatic N) is 8. The number of aromatic amines is 3. The molecule has 3 saturated heterocycles. The number of amides is 3. The minimum Gasteiger partial charge on any atom is -1.00 e. The largest absolute Gasteiger partial charge is 1.00 e. The third-order valence-electron chi connectivity index (χ3n) is 23.3. The van der Waals surface area contributed by atoms with Gasteiger partial charge in [-0.25, -0.2) is 30.2 Å². The third kappa shape index (κ3) is 21.5. The lowest BCUT2D eigenvalue weighted by Gasteiger charge is -2.34. The molecule has 16 rings (SSSR count). The Morgan fingerprint density at radius 3 is 1.31 bits per heavy atom. The predicted molar refractivity (Wildman–Crippen MR) is 438 cm³/mol. The predicted octanol–water partition coefficient (Wildman–Crippen LogP) is 7.73. The molecule has 7 aromatic rings. The van der Waals surface area contributed by atoms with E-state index in [0.29, 0.717) is 86.1 Å². The topological polar surface area (TPSA) is 334 Å². The van der Waals surface area contributed by atoms with Crippen molar-refractivity contribution in [3.05, 3.63) is 138 Å². The zero-order chi connectivity index (χ0) is 79.9. The van der Waals surface area contributed by atoms with E-state index in [2.05, 4.69) is 72.5 Å². The van der Waals surface area contributed by atoms with E-state index in [0.717, 1.165) is 107 Å². The van der Waals surface area contributed by atoms with Crippen LogP contribution in [0.4, 0.5) is 0 Å². The van der Waals surface area contributed by atoms with Gasteiger partial charge in [-0.3, -0.25) is 34.2 Å². The second-order valence-corrected chi connectivity index (χ2v) is 36.3. The van der Waals surface area contributed by atoms with Gasteiger partial charge in [0.05, 0.1) is 18.9 Å². The first-order valence-corrected chi connectivity index (χ1v) is 44.8. The number of nitrogens with one attached hydrogen (secondary N) is 6. The van der Waals surface area contributed by atoms with Crippen molar-refractivity contribution in [2.45, 2.75) is 172 Å². The number of aromatic nitrogens is 4. The Balaban J connectivity index is 0.000000155. The lowest BCUT2D eigenvalue weighted by atomic mass is 9.88. The average molecular weight is 1740 g/mol. The Labute approximate surface area is 686 Å². The summed E-state index contributed by atoms with van der Waals surface area (Å²) in [6.45, 7) is 11.8. The van der Waals surface area contributed by atoms with Crippen molar-refractivity contribution in [3.63, 3.8) is 0 Å². The van der Waals surface area contributed by atoms with Crippen molar-refractivity contribution < 1.29 is 82.5 Å². The summed E-state index contributed by atoms with van der Waals surface area (Å²) >= 11 is 5.67. The lowest BCUT2D eigenvalue weighted by molar-refractivity contribution is -0.669. The van der Waals surface area contributed by atoms with E-state index in [-0.39, 0.29) is 73.8 Å². The molecule has 9 aliphatic rings. The number of hydrogen-bond acceptors (Lipinski definition) is 16. The van der Waals surface area contributed by atoms with Crippen LogP contribution < -0.4 is 44.5 Å². The molecule has 3 saturated carbocycles. The molecular formula is C82H108ClIN14O12S3. The first kappa shape index (κ1) is 87.6. The molecule has 6 aliphatic heterocycles. The molecule has 10 heterocycles. The Hall–Kier alpha value is -7.74. The number of pyridine rings is 1. The van der Waals surface area contributed by atoms with E-state index in [1.165, 1.54) is 90.9 Å². The summed E-state index contributed by atoms with van der Waals surface area (Å²) in [6, 6.07) is 27.5. The summed E-state index contributed by atoms with van der Waals surface area (Å²) in [5.74, 6) is 4.80. The van der Waals surface area contributed by atoms with Gasteiger partial charge < -0.3 is 64.5 Å². The Morgan fingerprint density at radius 2 is 0.920 bits per heavy atom. The van der Waals surface area contributed by atoms with Crippen molar-refractivity contribution >= 4 is 121 Å². The zero-order valence-corrected chi connectivity index (χ0v) is 70.9. The normalized spacial score (nSPS) is 20.0. The maximum absolute atomic E-state index is 13.0. The Kier molecular flexibility index (Phi) is 30.5.